The van der Waals surface area contributed by atoms with Gasteiger partial charge in [-0.25, -0.2) is 13.4 Å². The third kappa shape index (κ3) is 3.46. The average molecular weight is 314 g/mol. The Morgan fingerprint density at radius 1 is 1.43 bits per heavy atom. The van der Waals surface area contributed by atoms with Crippen molar-refractivity contribution in [3.05, 3.63) is 12.5 Å². The van der Waals surface area contributed by atoms with Gasteiger partial charge in [0.05, 0.1) is 6.33 Å². The molecule has 0 bridgehead atoms. The molecule has 7 heteroatoms. The molecule has 1 aliphatic heterocycles. The predicted octanol–water partition coefficient (Wildman–Crippen LogP) is 1.44. The summed E-state index contributed by atoms with van der Waals surface area (Å²) >= 11 is 0. The van der Waals surface area contributed by atoms with Gasteiger partial charge in [-0.05, 0) is 33.2 Å². The highest BCUT2D eigenvalue weighted by molar-refractivity contribution is 7.89. The number of likely N-dealkylation sites (N-methyl/N-ethyl adjacent to an activating group) is 1. The van der Waals surface area contributed by atoms with E-state index < -0.39 is 10.0 Å². The molecule has 0 aliphatic carbocycles. The van der Waals surface area contributed by atoms with E-state index >= 15 is 0 Å². The van der Waals surface area contributed by atoms with Crippen LogP contribution in [-0.2, 0) is 16.6 Å². The van der Waals surface area contributed by atoms with Gasteiger partial charge in [0, 0.05) is 31.4 Å². The van der Waals surface area contributed by atoms with Crippen LogP contribution >= 0.6 is 0 Å². The molecule has 120 valence electrons. The van der Waals surface area contributed by atoms with Crippen LogP contribution < -0.4 is 5.32 Å². The summed E-state index contributed by atoms with van der Waals surface area (Å²) in [6, 6.07) is 0.161. The van der Waals surface area contributed by atoms with Crippen LogP contribution in [0.1, 0.15) is 40.0 Å². The van der Waals surface area contributed by atoms with Crippen molar-refractivity contribution in [3.63, 3.8) is 0 Å². The van der Waals surface area contributed by atoms with E-state index in [9.17, 15) is 8.42 Å². The van der Waals surface area contributed by atoms with Crippen molar-refractivity contribution in [2.24, 2.45) is 0 Å². The van der Waals surface area contributed by atoms with Gasteiger partial charge in [-0.2, -0.15) is 4.31 Å². The molecule has 0 aromatic carbocycles. The molecule has 1 aromatic rings. The first-order valence-electron chi connectivity index (χ1n) is 7.77. The molecule has 0 spiro atoms. The third-order valence-electron chi connectivity index (χ3n) is 4.15. The van der Waals surface area contributed by atoms with Crippen molar-refractivity contribution in [3.8, 4) is 0 Å². The largest absolute Gasteiger partial charge is 0.336 e. The molecule has 0 amide bonds. The van der Waals surface area contributed by atoms with Crippen LogP contribution in [0, 0.1) is 0 Å². The van der Waals surface area contributed by atoms with Crippen LogP contribution in [0.15, 0.2) is 17.6 Å². The fourth-order valence-corrected chi connectivity index (χ4v) is 4.66. The first kappa shape index (κ1) is 16.5. The van der Waals surface area contributed by atoms with E-state index in [0.29, 0.717) is 6.54 Å². The zero-order chi connectivity index (χ0) is 15.5. The molecule has 1 aromatic heterocycles. The summed E-state index contributed by atoms with van der Waals surface area (Å²) < 4.78 is 29.2. The normalized spacial score (nSPS) is 22.3. The highest BCUT2D eigenvalue weighted by Gasteiger charge is 2.37. The van der Waals surface area contributed by atoms with Gasteiger partial charge in [-0.3, -0.25) is 0 Å². The molecule has 0 saturated carbocycles. The fourth-order valence-electron chi connectivity index (χ4n) is 2.95. The Morgan fingerprint density at radius 2 is 2.19 bits per heavy atom. The number of nitrogens with one attached hydrogen (secondary N) is 1. The Bertz CT molecular complexity index is 555. The van der Waals surface area contributed by atoms with Gasteiger partial charge in [0.2, 0.25) is 0 Å². The molecule has 1 saturated heterocycles. The van der Waals surface area contributed by atoms with E-state index in [1.54, 1.807) is 21.4 Å². The summed E-state index contributed by atoms with van der Waals surface area (Å²) in [5.41, 5.74) is 0. The Morgan fingerprint density at radius 3 is 2.81 bits per heavy atom. The van der Waals surface area contributed by atoms with Gasteiger partial charge in [-0.1, -0.05) is 13.3 Å². The van der Waals surface area contributed by atoms with E-state index in [-0.39, 0.29) is 17.1 Å². The molecule has 6 nitrogen and oxygen atoms in total. The minimum Gasteiger partial charge on any atom is -0.336 e. The zero-order valence-electron chi connectivity index (χ0n) is 13.1. The maximum absolute atomic E-state index is 12.9. The Hall–Kier alpha value is -0.920. The first-order chi connectivity index (χ1) is 10.0. The lowest BCUT2D eigenvalue weighted by Crippen LogP contribution is -2.53. The molecular formula is C14H26N4O2S. The maximum atomic E-state index is 12.9. The van der Waals surface area contributed by atoms with Crippen molar-refractivity contribution in [1.29, 1.82) is 0 Å². The molecule has 2 rings (SSSR count). The molecule has 0 radical (unpaired) electrons. The van der Waals surface area contributed by atoms with Gasteiger partial charge in [-0.15, -0.1) is 0 Å². The zero-order valence-corrected chi connectivity index (χ0v) is 13.9. The van der Waals surface area contributed by atoms with Crippen molar-refractivity contribution in [2.45, 2.75) is 63.7 Å². The number of sulfonamides is 1. The van der Waals surface area contributed by atoms with E-state index in [1.165, 1.54) is 0 Å². The molecule has 1 aliphatic rings. The molecule has 1 fully saturated rings. The van der Waals surface area contributed by atoms with E-state index in [2.05, 4.69) is 17.2 Å². The number of imidazole rings is 1. The van der Waals surface area contributed by atoms with Crippen LogP contribution in [0.3, 0.4) is 0 Å². The number of hydrogen-bond donors (Lipinski definition) is 1. The van der Waals surface area contributed by atoms with Gasteiger partial charge in [0.25, 0.3) is 10.0 Å². The minimum atomic E-state index is -3.50. The van der Waals surface area contributed by atoms with E-state index in [0.717, 1.165) is 32.4 Å². The van der Waals surface area contributed by atoms with Crippen LogP contribution in [0.4, 0.5) is 0 Å². The molecule has 2 unspecified atom stereocenters. The highest BCUT2D eigenvalue weighted by atomic mass is 32.2. The Labute approximate surface area is 127 Å². The second kappa shape index (κ2) is 6.89. The van der Waals surface area contributed by atoms with Crippen molar-refractivity contribution >= 4 is 10.0 Å². The number of nitrogens with zero attached hydrogens (tertiary/aromatic N) is 3. The first-order valence-corrected chi connectivity index (χ1v) is 9.21. The van der Waals surface area contributed by atoms with Crippen LogP contribution in [0.25, 0.3) is 0 Å². The maximum Gasteiger partial charge on any atom is 0.262 e. The molecular weight excluding hydrogens is 288 g/mol. The Kier molecular flexibility index (Phi) is 5.40. The average Bonchev–Trinajstić information content (AvgIpc) is 2.97. The highest BCUT2D eigenvalue weighted by Crippen LogP contribution is 2.26. The van der Waals surface area contributed by atoms with Crippen LogP contribution in [0.2, 0.25) is 0 Å². The van der Waals surface area contributed by atoms with Crippen molar-refractivity contribution in [2.75, 3.05) is 13.1 Å². The SMILES string of the molecule is CCNC(C)C1CCCCN1S(=O)(=O)c1cn(CC)cn1. The van der Waals surface area contributed by atoms with Crippen LogP contribution in [0.5, 0.6) is 0 Å². The van der Waals surface area contributed by atoms with E-state index in [4.69, 9.17) is 0 Å². The van der Waals surface area contributed by atoms with Gasteiger partial charge < -0.3 is 9.88 Å². The summed E-state index contributed by atoms with van der Waals surface area (Å²) in [6.07, 6.45) is 6.11. The van der Waals surface area contributed by atoms with Gasteiger partial charge >= 0.3 is 0 Å². The monoisotopic (exact) mass is 314 g/mol. The number of hydrogen-bond acceptors (Lipinski definition) is 4. The third-order valence-corrected chi connectivity index (χ3v) is 5.96. The fraction of sp³-hybridized carbons (Fsp3) is 0.786. The molecule has 21 heavy (non-hydrogen) atoms. The second-order valence-corrected chi connectivity index (χ2v) is 7.41. The standard InChI is InChI=1S/C14H26N4O2S/c1-4-15-12(3)13-8-6-7-9-18(13)21(19,20)14-10-17(5-2)11-16-14/h10-13,15H,4-9H2,1-3H3. The Balaban J connectivity index is 2.26. The summed E-state index contributed by atoms with van der Waals surface area (Å²) in [5.74, 6) is 0. The number of piperidine rings is 1. The smallest absolute Gasteiger partial charge is 0.262 e. The van der Waals surface area contributed by atoms with Crippen molar-refractivity contribution < 1.29 is 8.42 Å². The molecule has 1 N–H and O–H groups in total. The summed E-state index contributed by atoms with van der Waals surface area (Å²) in [4.78, 5) is 4.09. The van der Waals surface area contributed by atoms with Gasteiger partial charge in [0.15, 0.2) is 5.03 Å². The lowest BCUT2D eigenvalue weighted by molar-refractivity contribution is 0.209. The predicted molar refractivity (Wildman–Crippen MR) is 82.6 cm³/mol. The molecule has 2 atom stereocenters. The topological polar surface area (TPSA) is 67.2 Å². The minimum absolute atomic E-state index is 0.00970. The summed E-state index contributed by atoms with van der Waals surface area (Å²) in [7, 11) is -3.50. The summed E-state index contributed by atoms with van der Waals surface area (Å²) in [6.45, 7) is 8.22. The van der Waals surface area contributed by atoms with Gasteiger partial charge in [0.1, 0.15) is 0 Å². The van der Waals surface area contributed by atoms with Crippen molar-refractivity contribution in [1.82, 2.24) is 19.2 Å². The quantitative estimate of drug-likeness (QED) is 0.863. The molecule has 2 heterocycles. The lowest BCUT2D eigenvalue weighted by atomic mass is 9.99. The number of aromatic nitrogens is 2. The van der Waals surface area contributed by atoms with E-state index in [1.807, 2.05) is 13.8 Å². The number of rotatable bonds is 6. The second-order valence-electron chi connectivity index (χ2n) is 5.57. The van der Waals surface area contributed by atoms with Crippen LogP contribution in [-0.4, -0.2) is 47.4 Å². The summed E-state index contributed by atoms with van der Waals surface area (Å²) in [5, 5.41) is 3.52. The number of aryl methyl sites for hydroxylation is 1. The lowest BCUT2D eigenvalue weighted by Gasteiger charge is -2.38.